The molecule has 4 heteroatoms. The van der Waals surface area contributed by atoms with Gasteiger partial charge in [-0.05, 0) is 37.3 Å². The smallest absolute Gasteiger partial charge is 0.308 e. The van der Waals surface area contributed by atoms with Gasteiger partial charge in [-0.15, -0.1) is 0 Å². The molecule has 2 unspecified atom stereocenters. The van der Waals surface area contributed by atoms with Crippen LogP contribution in [0.5, 0.6) is 0 Å². The van der Waals surface area contributed by atoms with Gasteiger partial charge in [0.2, 0.25) is 5.91 Å². The first-order valence-corrected chi connectivity index (χ1v) is 7.61. The third-order valence-corrected chi connectivity index (χ3v) is 4.31. The molecule has 1 N–H and O–H groups in total. The van der Waals surface area contributed by atoms with Crippen molar-refractivity contribution in [1.82, 2.24) is 4.90 Å². The summed E-state index contributed by atoms with van der Waals surface area (Å²) in [6.07, 6.45) is 2.72. The monoisotopic (exact) mass is 289 g/mol. The Hall–Kier alpha value is -1.84. The van der Waals surface area contributed by atoms with Gasteiger partial charge < -0.3 is 10.0 Å². The molecule has 1 aromatic rings. The zero-order valence-electron chi connectivity index (χ0n) is 12.7. The molecule has 4 nitrogen and oxygen atoms in total. The maximum absolute atomic E-state index is 12.5. The lowest BCUT2D eigenvalue weighted by Gasteiger charge is -2.36. The topological polar surface area (TPSA) is 57.6 Å². The Morgan fingerprint density at radius 2 is 2.00 bits per heavy atom. The first kappa shape index (κ1) is 15.5. The molecule has 1 heterocycles. The zero-order chi connectivity index (χ0) is 15.4. The van der Waals surface area contributed by atoms with E-state index < -0.39 is 11.9 Å². The molecule has 0 saturated carbocycles. The van der Waals surface area contributed by atoms with Crippen LogP contribution in [0.25, 0.3) is 0 Å². The molecule has 0 bridgehead atoms. The van der Waals surface area contributed by atoms with Crippen molar-refractivity contribution in [3.63, 3.8) is 0 Å². The highest BCUT2D eigenvalue weighted by Crippen LogP contribution is 2.23. The molecule has 2 rings (SSSR count). The summed E-state index contributed by atoms with van der Waals surface area (Å²) in [5.41, 5.74) is 2.22. The molecule has 1 aliphatic rings. The number of carboxylic acid groups (broad SMARTS) is 1. The molecule has 1 saturated heterocycles. The maximum Gasteiger partial charge on any atom is 0.308 e. The van der Waals surface area contributed by atoms with E-state index in [9.17, 15) is 9.59 Å². The Balaban J connectivity index is 2.05. The van der Waals surface area contributed by atoms with Gasteiger partial charge >= 0.3 is 5.97 Å². The minimum atomic E-state index is -0.798. The average Bonchev–Trinajstić information content (AvgIpc) is 2.47. The Morgan fingerprint density at radius 1 is 1.29 bits per heavy atom. The molecule has 1 aliphatic heterocycles. The Morgan fingerprint density at radius 3 is 2.67 bits per heavy atom. The van der Waals surface area contributed by atoms with Crippen LogP contribution < -0.4 is 0 Å². The summed E-state index contributed by atoms with van der Waals surface area (Å²) in [4.78, 5) is 25.3. The number of carbonyl (C=O) groups is 2. The van der Waals surface area contributed by atoms with Crippen LogP contribution in [0.4, 0.5) is 0 Å². The molecule has 0 aliphatic carbocycles. The quantitative estimate of drug-likeness (QED) is 0.926. The molecule has 21 heavy (non-hydrogen) atoms. The van der Waals surface area contributed by atoms with E-state index in [0.29, 0.717) is 19.4 Å². The van der Waals surface area contributed by atoms with Crippen molar-refractivity contribution in [2.24, 2.45) is 5.92 Å². The normalized spacial score (nSPS) is 22.1. The highest BCUT2D eigenvalue weighted by atomic mass is 16.4. The summed E-state index contributed by atoms with van der Waals surface area (Å²) < 4.78 is 0. The first-order chi connectivity index (χ1) is 10.0. The summed E-state index contributed by atoms with van der Waals surface area (Å²) in [5.74, 6) is -1.19. The van der Waals surface area contributed by atoms with Crippen molar-refractivity contribution in [2.75, 3.05) is 6.54 Å². The highest BCUT2D eigenvalue weighted by molar-refractivity contribution is 5.80. The standard InChI is InChI=1S/C17H23NO3/c1-3-13-5-4-6-14(9-13)10-16(19)18-11-15(17(20)21)8-7-12(18)2/h4-6,9,12,15H,3,7-8,10-11H2,1-2H3,(H,20,21). The number of carboxylic acids is 1. The number of amides is 1. The molecular formula is C17H23NO3. The van der Waals surface area contributed by atoms with Gasteiger partial charge in [0.25, 0.3) is 0 Å². The lowest BCUT2D eigenvalue weighted by molar-refractivity contribution is -0.146. The number of benzene rings is 1. The zero-order valence-corrected chi connectivity index (χ0v) is 12.7. The minimum Gasteiger partial charge on any atom is -0.481 e. The van der Waals surface area contributed by atoms with Gasteiger partial charge in [-0.1, -0.05) is 31.2 Å². The third kappa shape index (κ3) is 3.84. The number of piperidine rings is 1. The van der Waals surface area contributed by atoms with Crippen molar-refractivity contribution in [3.05, 3.63) is 35.4 Å². The number of aliphatic carboxylic acids is 1. The van der Waals surface area contributed by atoms with Gasteiger partial charge in [0.15, 0.2) is 0 Å². The van der Waals surface area contributed by atoms with E-state index in [-0.39, 0.29) is 11.9 Å². The molecule has 0 radical (unpaired) electrons. The molecular weight excluding hydrogens is 266 g/mol. The number of hydrogen-bond acceptors (Lipinski definition) is 2. The van der Waals surface area contributed by atoms with Crippen molar-refractivity contribution in [2.45, 2.75) is 45.6 Å². The van der Waals surface area contributed by atoms with Gasteiger partial charge in [-0.2, -0.15) is 0 Å². The van der Waals surface area contributed by atoms with E-state index in [1.54, 1.807) is 4.90 Å². The molecule has 1 aromatic carbocycles. The number of hydrogen-bond donors (Lipinski definition) is 1. The molecule has 1 fully saturated rings. The second kappa shape index (κ2) is 6.74. The van der Waals surface area contributed by atoms with Crippen LogP contribution in [0.3, 0.4) is 0 Å². The number of nitrogens with zero attached hydrogens (tertiary/aromatic N) is 1. The van der Waals surface area contributed by atoms with Crippen LogP contribution >= 0.6 is 0 Å². The van der Waals surface area contributed by atoms with Crippen molar-refractivity contribution < 1.29 is 14.7 Å². The Labute approximate surface area is 125 Å². The fourth-order valence-corrected chi connectivity index (χ4v) is 2.89. The van der Waals surface area contributed by atoms with Crippen LogP contribution in [0.2, 0.25) is 0 Å². The van der Waals surface area contributed by atoms with Gasteiger partial charge in [0.05, 0.1) is 12.3 Å². The Kier molecular flexibility index (Phi) is 4.99. The van der Waals surface area contributed by atoms with E-state index in [1.807, 2.05) is 19.1 Å². The van der Waals surface area contributed by atoms with E-state index in [2.05, 4.69) is 19.1 Å². The number of carbonyl (C=O) groups excluding carboxylic acids is 1. The van der Waals surface area contributed by atoms with Gasteiger partial charge in [0.1, 0.15) is 0 Å². The summed E-state index contributed by atoms with van der Waals surface area (Å²) >= 11 is 0. The summed E-state index contributed by atoms with van der Waals surface area (Å²) in [6, 6.07) is 8.17. The summed E-state index contributed by atoms with van der Waals surface area (Å²) in [6.45, 7) is 4.42. The molecule has 0 spiro atoms. The lowest BCUT2D eigenvalue weighted by Crippen LogP contribution is -2.47. The van der Waals surface area contributed by atoms with E-state index in [0.717, 1.165) is 18.4 Å². The fourth-order valence-electron chi connectivity index (χ4n) is 2.89. The van der Waals surface area contributed by atoms with Crippen molar-refractivity contribution in [1.29, 1.82) is 0 Å². The van der Waals surface area contributed by atoms with Crippen LogP contribution in [-0.2, 0) is 22.4 Å². The predicted octanol–water partition coefficient (Wildman–Crippen LogP) is 2.50. The Bertz CT molecular complexity index is 527. The van der Waals surface area contributed by atoms with Crippen LogP contribution in [0.15, 0.2) is 24.3 Å². The maximum atomic E-state index is 12.5. The third-order valence-electron chi connectivity index (χ3n) is 4.31. The highest BCUT2D eigenvalue weighted by Gasteiger charge is 2.32. The van der Waals surface area contributed by atoms with E-state index in [1.165, 1.54) is 5.56 Å². The number of rotatable bonds is 4. The van der Waals surface area contributed by atoms with E-state index in [4.69, 9.17) is 5.11 Å². The second-order valence-corrected chi connectivity index (χ2v) is 5.86. The van der Waals surface area contributed by atoms with E-state index >= 15 is 0 Å². The molecule has 2 atom stereocenters. The lowest BCUT2D eigenvalue weighted by atomic mass is 9.93. The minimum absolute atomic E-state index is 0.0294. The summed E-state index contributed by atoms with van der Waals surface area (Å²) in [7, 11) is 0. The molecule has 1 amide bonds. The second-order valence-electron chi connectivity index (χ2n) is 5.86. The predicted molar refractivity (Wildman–Crippen MR) is 81.1 cm³/mol. The summed E-state index contributed by atoms with van der Waals surface area (Å²) in [5, 5.41) is 9.14. The van der Waals surface area contributed by atoms with Gasteiger partial charge in [-0.25, -0.2) is 0 Å². The number of likely N-dealkylation sites (tertiary alicyclic amines) is 1. The van der Waals surface area contributed by atoms with Crippen molar-refractivity contribution >= 4 is 11.9 Å². The van der Waals surface area contributed by atoms with Crippen LogP contribution in [0.1, 0.15) is 37.8 Å². The van der Waals surface area contributed by atoms with Gasteiger partial charge in [0, 0.05) is 12.6 Å². The van der Waals surface area contributed by atoms with Crippen LogP contribution in [-0.4, -0.2) is 34.5 Å². The fraction of sp³-hybridized carbons (Fsp3) is 0.529. The SMILES string of the molecule is CCc1cccc(CC(=O)N2CC(C(=O)O)CCC2C)c1. The van der Waals surface area contributed by atoms with Crippen LogP contribution in [0, 0.1) is 5.92 Å². The molecule has 0 aromatic heterocycles. The molecule has 114 valence electrons. The first-order valence-electron chi connectivity index (χ1n) is 7.61. The van der Waals surface area contributed by atoms with Crippen molar-refractivity contribution in [3.8, 4) is 0 Å². The number of aryl methyl sites for hydroxylation is 1. The average molecular weight is 289 g/mol. The largest absolute Gasteiger partial charge is 0.481 e. The van der Waals surface area contributed by atoms with Gasteiger partial charge in [-0.3, -0.25) is 9.59 Å².